The summed E-state index contributed by atoms with van der Waals surface area (Å²) in [7, 11) is 3.21. The van der Waals surface area contributed by atoms with E-state index >= 15 is 0 Å². The Labute approximate surface area is 175 Å². The second kappa shape index (κ2) is 13.8. The number of unbranched alkanes of at least 4 members (excludes halogenated alkanes) is 1. The minimum absolute atomic E-state index is 0. The number of rotatable bonds is 10. The molecular formula is C20H34IN3O2. The van der Waals surface area contributed by atoms with Gasteiger partial charge in [-0.05, 0) is 31.2 Å². The number of nitrogens with zero attached hydrogens (tertiary/aromatic N) is 1. The molecule has 0 bridgehead atoms. The molecule has 0 heterocycles. The largest absolute Gasteiger partial charge is 0.469 e. The third kappa shape index (κ3) is 7.93. The van der Waals surface area contributed by atoms with Gasteiger partial charge in [-0.1, -0.05) is 44.2 Å². The van der Waals surface area contributed by atoms with Crippen molar-refractivity contribution in [2.24, 2.45) is 4.99 Å². The van der Waals surface area contributed by atoms with Crippen LogP contribution in [0, 0.1) is 0 Å². The molecule has 26 heavy (non-hydrogen) atoms. The molecule has 6 heteroatoms. The van der Waals surface area contributed by atoms with E-state index in [4.69, 9.17) is 0 Å². The van der Waals surface area contributed by atoms with Crippen molar-refractivity contribution in [3.63, 3.8) is 0 Å². The molecule has 0 spiro atoms. The van der Waals surface area contributed by atoms with Gasteiger partial charge < -0.3 is 15.4 Å². The van der Waals surface area contributed by atoms with E-state index in [0.717, 1.165) is 44.7 Å². The van der Waals surface area contributed by atoms with Crippen molar-refractivity contribution in [2.75, 3.05) is 27.2 Å². The molecule has 0 unspecified atom stereocenters. The summed E-state index contributed by atoms with van der Waals surface area (Å²) >= 11 is 0. The maximum atomic E-state index is 11.1. The molecule has 1 aromatic carbocycles. The first-order chi connectivity index (χ1) is 12.1. The molecular weight excluding hydrogens is 441 g/mol. The number of benzene rings is 1. The number of hydrogen-bond acceptors (Lipinski definition) is 3. The number of carbonyl (C=O) groups is 1. The summed E-state index contributed by atoms with van der Waals surface area (Å²) in [6, 6.07) is 10.7. The first kappa shape index (κ1) is 24.7. The molecule has 0 aliphatic carbocycles. The lowest BCUT2D eigenvalue weighted by Gasteiger charge is -2.33. The van der Waals surface area contributed by atoms with Gasteiger partial charge in [-0.3, -0.25) is 9.79 Å². The van der Waals surface area contributed by atoms with Crippen molar-refractivity contribution >= 4 is 35.9 Å². The van der Waals surface area contributed by atoms with Gasteiger partial charge in [0.05, 0.1) is 7.11 Å². The van der Waals surface area contributed by atoms with Crippen LogP contribution >= 0.6 is 24.0 Å². The quantitative estimate of drug-likeness (QED) is 0.177. The van der Waals surface area contributed by atoms with Crippen LogP contribution in [-0.2, 0) is 14.9 Å². The fourth-order valence-corrected chi connectivity index (χ4v) is 2.98. The van der Waals surface area contributed by atoms with Gasteiger partial charge >= 0.3 is 5.97 Å². The summed E-state index contributed by atoms with van der Waals surface area (Å²) in [4.78, 5) is 15.4. The highest BCUT2D eigenvalue weighted by Crippen LogP contribution is 2.30. The van der Waals surface area contributed by atoms with Gasteiger partial charge in [0.1, 0.15) is 0 Å². The fourth-order valence-electron chi connectivity index (χ4n) is 2.98. The van der Waals surface area contributed by atoms with Crippen molar-refractivity contribution in [3.05, 3.63) is 35.9 Å². The highest BCUT2D eigenvalue weighted by Gasteiger charge is 2.28. The number of esters is 1. The van der Waals surface area contributed by atoms with E-state index in [1.165, 1.54) is 12.7 Å². The molecule has 0 aliphatic rings. The third-order valence-electron chi connectivity index (χ3n) is 4.89. The summed E-state index contributed by atoms with van der Waals surface area (Å²) in [6.45, 7) is 6.10. The van der Waals surface area contributed by atoms with E-state index in [0.29, 0.717) is 6.42 Å². The van der Waals surface area contributed by atoms with E-state index in [1.54, 1.807) is 7.05 Å². The summed E-state index contributed by atoms with van der Waals surface area (Å²) in [5.41, 5.74) is 1.46. The Hall–Kier alpha value is -1.31. The van der Waals surface area contributed by atoms with Crippen LogP contribution in [0.5, 0.6) is 0 Å². The van der Waals surface area contributed by atoms with Gasteiger partial charge in [0.2, 0.25) is 0 Å². The molecule has 148 valence electrons. The standard InChI is InChI=1S/C20H33N3O2.HI/c1-5-20(6-2,17-12-8-7-9-13-17)16-23-19(21-3)22-15-11-10-14-18(24)25-4;/h7-9,12-13H,5-6,10-11,14-16H2,1-4H3,(H2,21,22,23);1H. The lowest BCUT2D eigenvalue weighted by Crippen LogP contribution is -2.45. The Morgan fingerprint density at radius 3 is 2.31 bits per heavy atom. The second-order valence-electron chi connectivity index (χ2n) is 6.24. The topological polar surface area (TPSA) is 62.7 Å². The number of carbonyl (C=O) groups excluding carboxylic acids is 1. The Kier molecular flexibility index (Phi) is 13.1. The molecule has 0 saturated carbocycles. The molecule has 0 saturated heterocycles. The van der Waals surface area contributed by atoms with Crippen molar-refractivity contribution in [3.8, 4) is 0 Å². The molecule has 0 atom stereocenters. The van der Waals surface area contributed by atoms with E-state index in [-0.39, 0.29) is 35.4 Å². The average Bonchev–Trinajstić information content (AvgIpc) is 2.67. The van der Waals surface area contributed by atoms with Crippen LogP contribution < -0.4 is 10.6 Å². The number of ether oxygens (including phenoxy) is 1. The zero-order valence-electron chi connectivity index (χ0n) is 16.5. The lowest BCUT2D eigenvalue weighted by atomic mass is 9.76. The first-order valence-corrected chi connectivity index (χ1v) is 9.18. The van der Waals surface area contributed by atoms with Crippen molar-refractivity contribution in [1.82, 2.24) is 10.6 Å². The predicted octanol–water partition coefficient (Wildman–Crippen LogP) is 3.87. The zero-order chi connectivity index (χ0) is 18.5. The highest BCUT2D eigenvalue weighted by atomic mass is 127. The third-order valence-corrected chi connectivity index (χ3v) is 4.89. The monoisotopic (exact) mass is 475 g/mol. The summed E-state index contributed by atoms with van der Waals surface area (Å²) in [6.07, 6.45) is 4.32. The summed E-state index contributed by atoms with van der Waals surface area (Å²) in [5.74, 6) is 0.654. The van der Waals surface area contributed by atoms with Crippen LogP contribution in [0.3, 0.4) is 0 Å². The number of aliphatic imine (C=N–C) groups is 1. The van der Waals surface area contributed by atoms with E-state index < -0.39 is 0 Å². The minimum Gasteiger partial charge on any atom is -0.469 e. The minimum atomic E-state index is -0.152. The lowest BCUT2D eigenvalue weighted by molar-refractivity contribution is -0.140. The average molecular weight is 475 g/mol. The van der Waals surface area contributed by atoms with Gasteiger partial charge in [-0.25, -0.2) is 0 Å². The fraction of sp³-hybridized carbons (Fsp3) is 0.600. The van der Waals surface area contributed by atoms with Crippen molar-refractivity contribution in [2.45, 2.75) is 51.4 Å². The van der Waals surface area contributed by atoms with Gasteiger partial charge in [-0.15, -0.1) is 24.0 Å². The van der Waals surface area contributed by atoms with Gasteiger partial charge in [0.15, 0.2) is 5.96 Å². The second-order valence-corrected chi connectivity index (χ2v) is 6.24. The number of halogens is 1. The highest BCUT2D eigenvalue weighted by molar-refractivity contribution is 14.0. The summed E-state index contributed by atoms with van der Waals surface area (Å²) < 4.78 is 4.65. The predicted molar refractivity (Wildman–Crippen MR) is 119 cm³/mol. The Morgan fingerprint density at radius 2 is 1.77 bits per heavy atom. The van der Waals surface area contributed by atoms with E-state index in [1.807, 2.05) is 0 Å². The van der Waals surface area contributed by atoms with Crippen LogP contribution in [0.15, 0.2) is 35.3 Å². The van der Waals surface area contributed by atoms with Gasteiger partial charge in [0, 0.05) is 32.0 Å². The molecule has 0 aliphatic heterocycles. The number of hydrogen-bond donors (Lipinski definition) is 2. The maximum absolute atomic E-state index is 11.1. The molecule has 1 aromatic rings. The zero-order valence-corrected chi connectivity index (χ0v) is 18.8. The first-order valence-electron chi connectivity index (χ1n) is 9.18. The molecule has 0 amide bonds. The van der Waals surface area contributed by atoms with E-state index in [9.17, 15) is 4.79 Å². The molecule has 2 N–H and O–H groups in total. The van der Waals surface area contributed by atoms with Crippen LogP contribution in [0.4, 0.5) is 0 Å². The Bertz CT molecular complexity index is 531. The number of nitrogens with one attached hydrogen (secondary N) is 2. The number of guanidine groups is 1. The number of methoxy groups -OCH3 is 1. The van der Waals surface area contributed by atoms with Crippen molar-refractivity contribution in [1.29, 1.82) is 0 Å². The maximum Gasteiger partial charge on any atom is 0.305 e. The molecule has 5 nitrogen and oxygen atoms in total. The normalized spacial score (nSPS) is 11.5. The molecule has 0 radical (unpaired) electrons. The van der Waals surface area contributed by atoms with Crippen LogP contribution in [-0.4, -0.2) is 39.2 Å². The smallest absolute Gasteiger partial charge is 0.305 e. The van der Waals surface area contributed by atoms with Crippen LogP contribution in [0.25, 0.3) is 0 Å². The van der Waals surface area contributed by atoms with Crippen LogP contribution in [0.2, 0.25) is 0 Å². The van der Waals surface area contributed by atoms with E-state index in [2.05, 4.69) is 64.5 Å². The Balaban J connectivity index is 0.00000625. The Morgan fingerprint density at radius 1 is 1.12 bits per heavy atom. The molecule has 0 fully saturated rings. The molecule has 1 rings (SSSR count). The van der Waals surface area contributed by atoms with Crippen molar-refractivity contribution < 1.29 is 9.53 Å². The SMILES string of the molecule is CCC(CC)(CNC(=NC)NCCCCC(=O)OC)c1ccccc1.I. The van der Waals surface area contributed by atoms with Gasteiger partial charge in [-0.2, -0.15) is 0 Å². The summed E-state index contributed by atoms with van der Waals surface area (Å²) in [5, 5.41) is 6.79. The van der Waals surface area contributed by atoms with Crippen LogP contribution in [0.1, 0.15) is 51.5 Å². The van der Waals surface area contributed by atoms with Gasteiger partial charge in [0.25, 0.3) is 0 Å². The molecule has 0 aromatic heterocycles.